The number of anilines is 2. The number of carbonyl (C=O) groups is 1. The van der Waals surface area contributed by atoms with Gasteiger partial charge in [0.1, 0.15) is 5.82 Å². The van der Waals surface area contributed by atoms with Gasteiger partial charge in [-0.1, -0.05) is 41.6 Å². The number of fused-ring (bicyclic) bond motifs is 1. The van der Waals surface area contributed by atoms with Crippen LogP contribution in [-0.2, 0) is 13.0 Å². The maximum Gasteiger partial charge on any atom is 0.293 e. The number of carbonyl (C=O) groups excluding carboxylic acids is 1. The Balaban J connectivity index is 1.45. The number of nitrogens with one attached hydrogen (secondary N) is 1. The Morgan fingerprint density at radius 3 is 2.85 bits per heavy atom. The minimum Gasteiger partial charge on any atom is -0.378 e. The summed E-state index contributed by atoms with van der Waals surface area (Å²) >= 11 is 0. The van der Waals surface area contributed by atoms with Gasteiger partial charge in [0.2, 0.25) is 11.6 Å². The Morgan fingerprint density at radius 2 is 2.03 bits per heavy atom. The number of nitrogens with two attached hydrogens (primary N) is 1. The molecule has 166 valence electrons. The molecule has 2 aromatic carbocycles. The van der Waals surface area contributed by atoms with Crippen LogP contribution in [0.3, 0.4) is 0 Å². The highest BCUT2D eigenvalue weighted by atomic mass is 19.1. The van der Waals surface area contributed by atoms with E-state index in [1.54, 1.807) is 12.1 Å². The van der Waals surface area contributed by atoms with Crippen LogP contribution in [0.5, 0.6) is 0 Å². The number of nitrogen functional groups attached to an aromatic ring is 1. The molecule has 1 amide bonds. The molecule has 2 aromatic heterocycles. The molecule has 0 atom stereocenters. The van der Waals surface area contributed by atoms with Gasteiger partial charge in [-0.25, -0.2) is 14.4 Å². The zero-order valence-corrected chi connectivity index (χ0v) is 17.2. The minimum absolute atomic E-state index is 0.00695. The molecule has 12 heteroatoms. The van der Waals surface area contributed by atoms with Crippen molar-refractivity contribution in [3.05, 3.63) is 76.9 Å². The van der Waals surface area contributed by atoms with Crippen LogP contribution in [0.25, 0.3) is 5.82 Å². The monoisotopic (exact) mass is 447 g/mol. The van der Waals surface area contributed by atoms with Crippen LogP contribution in [0.1, 0.15) is 27.3 Å². The number of benzene rings is 2. The largest absolute Gasteiger partial charge is 0.378 e. The highest BCUT2D eigenvalue weighted by Gasteiger charge is 2.28. The topological polar surface area (TPSA) is 140 Å². The van der Waals surface area contributed by atoms with Gasteiger partial charge in [-0.15, -0.1) is 5.10 Å². The van der Waals surface area contributed by atoms with E-state index in [9.17, 15) is 9.18 Å². The lowest BCUT2D eigenvalue weighted by Gasteiger charge is -2.19. The van der Waals surface area contributed by atoms with Crippen LogP contribution in [-0.4, -0.2) is 44.0 Å². The van der Waals surface area contributed by atoms with E-state index < -0.39 is 11.7 Å². The first-order valence-corrected chi connectivity index (χ1v) is 10.1. The highest BCUT2D eigenvalue weighted by Crippen LogP contribution is 2.30. The predicted octanol–water partition coefficient (Wildman–Crippen LogP) is 1.70. The van der Waals surface area contributed by atoms with Crippen LogP contribution in [0.2, 0.25) is 0 Å². The summed E-state index contributed by atoms with van der Waals surface area (Å²) in [7, 11) is 0. The molecule has 11 nitrogen and oxygen atoms in total. The van der Waals surface area contributed by atoms with E-state index >= 15 is 0 Å². The highest BCUT2D eigenvalue weighted by molar-refractivity contribution is 5.94. The van der Waals surface area contributed by atoms with Crippen LogP contribution >= 0.6 is 0 Å². The first-order valence-electron chi connectivity index (χ1n) is 10.1. The number of nitrogens with zero attached hydrogens (tertiary/aromatic N) is 7. The second-order valence-corrected chi connectivity index (χ2v) is 7.29. The number of halogens is 1. The van der Waals surface area contributed by atoms with Crippen LogP contribution in [0.15, 0.2) is 58.3 Å². The zero-order valence-electron chi connectivity index (χ0n) is 17.2. The molecule has 4 aromatic rings. The molecule has 0 unspecified atom stereocenters. The van der Waals surface area contributed by atoms with E-state index in [0.29, 0.717) is 12.2 Å². The average Bonchev–Trinajstić information content (AvgIpc) is 3.54. The van der Waals surface area contributed by atoms with Crippen LogP contribution in [0, 0.1) is 5.82 Å². The molecular formula is C21H18FN9O2. The number of aromatic nitrogens is 5. The fourth-order valence-corrected chi connectivity index (χ4v) is 3.67. The lowest BCUT2D eigenvalue weighted by atomic mass is 10.2. The maximum absolute atomic E-state index is 13.8. The van der Waals surface area contributed by atoms with E-state index in [1.165, 1.54) is 28.6 Å². The molecule has 0 aliphatic carbocycles. The van der Waals surface area contributed by atoms with E-state index in [4.69, 9.17) is 5.73 Å². The van der Waals surface area contributed by atoms with Gasteiger partial charge in [-0.05, 0) is 34.4 Å². The molecule has 0 bridgehead atoms. The van der Waals surface area contributed by atoms with E-state index in [0.717, 1.165) is 18.7 Å². The molecule has 0 spiro atoms. The quantitative estimate of drug-likeness (QED) is 0.336. The maximum atomic E-state index is 13.8. The fourth-order valence-electron chi connectivity index (χ4n) is 3.67. The van der Waals surface area contributed by atoms with Crippen molar-refractivity contribution in [3.8, 4) is 5.82 Å². The Hall–Kier alpha value is -4.61. The Kier molecular flexibility index (Phi) is 5.23. The third-order valence-electron chi connectivity index (χ3n) is 5.27. The molecule has 0 radical (unpaired) electrons. The van der Waals surface area contributed by atoms with E-state index in [-0.39, 0.29) is 22.9 Å². The molecule has 1 aliphatic rings. The van der Waals surface area contributed by atoms with Crippen molar-refractivity contribution in [2.24, 2.45) is 5.10 Å². The summed E-state index contributed by atoms with van der Waals surface area (Å²) in [4.78, 5) is 15.0. The summed E-state index contributed by atoms with van der Waals surface area (Å²) in [5.74, 6) is -0.943. The van der Waals surface area contributed by atoms with Gasteiger partial charge in [0.15, 0.2) is 5.69 Å². The van der Waals surface area contributed by atoms with Gasteiger partial charge in [0.25, 0.3) is 5.91 Å². The van der Waals surface area contributed by atoms with Crippen molar-refractivity contribution in [1.82, 2.24) is 30.7 Å². The number of para-hydroxylation sites is 1. The second-order valence-electron chi connectivity index (χ2n) is 7.29. The van der Waals surface area contributed by atoms with Gasteiger partial charge in [-0.3, -0.25) is 4.79 Å². The minimum atomic E-state index is -0.619. The number of hydrogen-bond acceptors (Lipinski definition) is 9. The Labute approximate surface area is 186 Å². The molecule has 0 saturated heterocycles. The molecule has 3 N–H and O–H groups in total. The third kappa shape index (κ3) is 3.89. The first-order chi connectivity index (χ1) is 16.1. The molecule has 3 heterocycles. The van der Waals surface area contributed by atoms with Gasteiger partial charge < -0.3 is 10.6 Å². The summed E-state index contributed by atoms with van der Waals surface area (Å²) < 4.78 is 19.8. The normalized spacial score (nSPS) is 12.9. The number of hydrazone groups is 1. The average molecular weight is 447 g/mol. The summed E-state index contributed by atoms with van der Waals surface area (Å²) in [6, 6.07) is 14.1. The van der Waals surface area contributed by atoms with Crippen molar-refractivity contribution < 1.29 is 13.8 Å². The Bertz CT molecular complexity index is 1350. The molecule has 33 heavy (non-hydrogen) atoms. The van der Waals surface area contributed by atoms with E-state index in [2.05, 4.69) is 46.7 Å². The first kappa shape index (κ1) is 20.3. The summed E-state index contributed by atoms with van der Waals surface area (Å²) in [6.45, 7) is 1.06. The van der Waals surface area contributed by atoms with Crippen molar-refractivity contribution >= 4 is 23.6 Å². The lowest BCUT2D eigenvalue weighted by Crippen LogP contribution is -2.26. The summed E-state index contributed by atoms with van der Waals surface area (Å²) in [6.07, 6.45) is 2.09. The number of rotatable bonds is 6. The van der Waals surface area contributed by atoms with Crippen LogP contribution < -0.4 is 16.1 Å². The predicted molar refractivity (Wildman–Crippen MR) is 116 cm³/mol. The van der Waals surface area contributed by atoms with Crippen molar-refractivity contribution in [3.63, 3.8) is 0 Å². The molecule has 0 fully saturated rings. The number of hydrogen-bond donors (Lipinski definition) is 2. The van der Waals surface area contributed by atoms with Gasteiger partial charge in [0, 0.05) is 17.8 Å². The summed E-state index contributed by atoms with van der Waals surface area (Å²) in [5, 5.41) is 19.3. The van der Waals surface area contributed by atoms with Gasteiger partial charge >= 0.3 is 0 Å². The van der Waals surface area contributed by atoms with Crippen molar-refractivity contribution in [1.29, 1.82) is 0 Å². The number of amides is 1. The fraction of sp³-hybridized carbons (Fsp3) is 0.143. The van der Waals surface area contributed by atoms with E-state index in [1.807, 2.05) is 18.2 Å². The smallest absolute Gasteiger partial charge is 0.293 e. The lowest BCUT2D eigenvalue weighted by molar-refractivity contribution is 0.0949. The standard InChI is InChI=1S/C21H18FN9O2/c22-15-7-3-1-6-14(15)11-24-26-21(32)18-17(31(29-25-18)20-19(23)27-33-28-20)12-30-10-9-13-5-2-4-8-16(13)30/h1-8,11H,9-10,12H2,(H2,23,27)(H,26,32)/b24-11+. The molecule has 5 rings (SSSR count). The van der Waals surface area contributed by atoms with Crippen molar-refractivity contribution in [2.75, 3.05) is 17.2 Å². The SMILES string of the molecule is Nc1nonc1-n1nnc(C(=O)N/N=C/c2ccccc2F)c1CN1CCc2ccccc21. The second kappa shape index (κ2) is 8.49. The van der Waals surface area contributed by atoms with Gasteiger partial charge in [0.05, 0.1) is 18.5 Å². The Morgan fingerprint density at radius 1 is 1.21 bits per heavy atom. The molecular weight excluding hydrogens is 429 g/mol. The summed E-state index contributed by atoms with van der Waals surface area (Å²) in [5.41, 5.74) is 11.2. The van der Waals surface area contributed by atoms with Crippen molar-refractivity contribution in [2.45, 2.75) is 13.0 Å². The third-order valence-corrected chi connectivity index (χ3v) is 5.27. The molecule has 0 saturated carbocycles. The molecule has 1 aliphatic heterocycles. The van der Waals surface area contributed by atoms with Crippen LogP contribution in [0.4, 0.5) is 15.9 Å². The van der Waals surface area contributed by atoms with Gasteiger partial charge in [-0.2, -0.15) is 9.78 Å². The zero-order chi connectivity index (χ0) is 22.8.